The normalized spacial score (nSPS) is 10.8. The maximum atomic E-state index is 13.5. The molecule has 1 heterocycles. The lowest BCUT2D eigenvalue weighted by atomic mass is 9.98. The molecular weight excluding hydrogens is 408 g/mol. The van der Waals surface area contributed by atoms with Crippen molar-refractivity contribution in [3.05, 3.63) is 123 Å². The summed E-state index contributed by atoms with van der Waals surface area (Å²) in [7, 11) is 0. The molecule has 1 amide bonds. The Hall–Kier alpha value is -3.92. The third-order valence-corrected chi connectivity index (χ3v) is 6.00. The van der Waals surface area contributed by atoms with Crippen molar-refractivity contribution in [2.75, 3.05) is 5.32 Å². The minimum atomic E-state index is -0.398. The maximum absolute atomic E-state index is 13.5. The largest absolute Gasteiger partial charge is 0.340 e. The van der Waals surface area contributed by atoms with Crippen molar-refractivity contribution in [1.82, 2.24) is 4.57 Å². The van der Waals surface area contributed by atoms with Crippen molar-refractivity contribution in [1.29, 1.82) is 0 Å². The Morgan fingerprint density at radius 3 is 2.12 bits per heavy atom. The summed E-state index contributed by atoms with van der Waals surface area (Å²) >= 11 is 0. The molecule has 0 saturated carbocycles. The van der Waals surface area contributed by atoms with Crippen LogP contribution < -0.4 is 10.7 Å². The van der Waals surface area contributed by atoms with Crippen LogP contribution in [0, 0.1) is 27.7 Å². The van der Waals surface area contributed by atoms with E-state index >= 15 is 0 Å². The topological polar surface area (TPSA) is 51.1 Å². The highest BCUT2D eigenvalue weighted by Crippen LogP contribution is 2.28. The molecule has 1 N–H and O–H groups in total. The van der Waals surface area contributed by atoms with Crippen molar-refractivity contribution < 1.29 is 4.79 Å². The predicted molar refractivity (Wildman–Crippen MR) is 135 cm³/mol. The van der Waals surface area contributed by atoms with E-state index in [0.29, 0.717) is 17.9 Å². The number of rotatable bonds is 5. The third-order valence-electron chi connectivity index (χ3n) is 6.00. The van der Waals surface area contributed by atoms with E-state index < -0.39 is 5.91 Å². The van der Waals surface area contributed by atoms with E-state index in [1.54, 1.807) is 6.07 Å². The number of para-hydroxylation sites is 1. The number of nitrogens with zero attached hydrogens (tertiary/aromatic N) is 1. The van der Waals surface area contributed by atoms with Crippen molar-refractivity contribution >= 4 is 11.6 Å². The fourth-order valence-corrected chi connectivity index (χ4v) is 4.08. The van der Waals surface area contributed by atoms with Crippen LogP contribution in [0.5, 0.6) is 0 Å². The van der Waals surface area contributed by atoms with Gasteiger partial charge >= 0.3 is 0 Å². The molecule has 3 aromatic carbocycles. The lowest BCUT2D eigenvalue weighted by Gasteiger charge is -2.22. The van der Waals surface area contributed by atoms with Crippen molar-refractivity contribution in [3.63, 3.8) is 0 Å². The van der Waals surface area contributed by atoms with Crippen molar-refractivity contribution in [3.8, 4) is 11.3 Å². The fraction of sp³-hybridized carbons (Fsp3) is 0.172. The van der Waals surface area contributed by atoms with Gasteiger partial charge in [0.1, 0.15) is 5.56 Å². The Balaban J connectivity index is 1.93. The predicted octanol–water partition coefficient (Wildman–Crippen LogP) is 6.05. The molecule has 0 spiro atoms. The number of carbonyl (C=O) groups excluding carboxylic acids is 1. The summed E-state index contributed by atoms with van der Waals surface area (Å²) in [5.74, 6) is -0.398. The molecule has 33 heavy (non-hydrogen) atoms. The van der Waals surface area contributed by atoms with Gasteiger partial charge in [0.2, 0.25) is 0 Å². The van der Waals surface area contributed by atoms with Crippen LogP contribution in [0.4, 0.5) is 5.69 Å². The number of pyridine rings is 1. The first kappa shape index (κ1) is 22.3. The molecule has 0 unspecified atom stereocenters. The van der Waals surface area contributed by atoms with Gasteiger partial charge in [-0.15, -0.1) is 0 Å². The Bertz CT molecular complexity index is 1380. The van der Waals surface area contributed by atoms with Crippen molar-refractivity contribution in [2.24, 2.45) is 0 Å². The number of anilines is 1. The van der Waals surface area contributed by atoms with E-state index in [4.69, 9.17) is 0 Å². The molecule has 0 aliphatic heterocycles. The summed E-state index contributed by atoms with van der Waals surface area (Å²) in [6.07, 6.45) is 0. The second-order valence-corrected chi connectivity index (χ2v) is 8.53. The zero-order valence-corrected chi connectivity index (χ0v) is 19.5. The van der Waals surface area contributed by atoms with Gasteiger partial charge in [0, 0.05) is 29.6 Å². The second kappa shape index (κ2) is 9.29. The summed E-state index contributed by atoms with van der Waals surface area (Å²) < 4.78 is 2.07. The zero-order valence-electron chi connectivity index (χ0n) is 19.5. The molecule has 4 heteroatoms. The number of nitrogens with one attached hydrogen (secondary N) is 1. The molecule has 4 nitrogen and oxygen atoms in total. The maximum Gasteiger partial charge on any atom is 0.261 e. The molecule has 0 saturated heterocycles. The minimum absolute atomic E-state index is 0.158. The van der Waals surface area contributed by atoms with E-state index in [1.807, 2.05) is 69.3 Å². The Morgan fingerprint density at radius 2 is 1.45 bits per heavy atom. The van der Waals surface area contributed by atoms with Crippen LogP contribution in [0.2, 0.25) is 0 Å². The lowest BCUT2D eigenvalue weighted by Crippen LogP contribution is -2.27. The molecule has 0 aliphatic carbocycles. The molecule has 0 radical (unpaired) electrons. The first-order chi connectivity index (χ1) is 15.8. The van der Waals surface area contributed by atoms with E-state index in [2.05, 4.69) is 41.1 Å². The van der Waals surface area contributed by atoms with E-state index in [1.165, 1.54) is 5.56 Å². The highest BCUT2D eigenvalue weighted by Gasteiger charge is 2.23. The fourth-order valence-electron chi connectivity index (χ4n) is 4.08. The first-order valence-corrected chi connectivity index (χ1v) is 11.1. The van der Waals surface area contributed by atoms with Crippen LogP contribution in [0.15, 0.2) is 83.7 Å². The molecule has 4 aromatic rings. The van der Waals surface area contributed by atoms with Crippen LogP contribution in [0.1, 0.15) is 38.3 Å². The number of aryl methyl sites for hydroxylation is 4. The van der Waals surface area contributed by atoms with Gasteiger partial charge < -0.3 is 9.88 Å². The van der Waals surface area contributed by atoms with Crippen LogP contribution in [0.3, 0.4) is 0 Å². The lowest BCUT2D eigenvalue weighted by molar-refractivity contribution is 0.102. The van der Waals surface area contributed by atoms with Gasteiger partial charge in [-0.1, -0.05) is 72.3 Å². The number of amides is 1. The van der Waals surface area contributed by atoms with Gasteiger partial charge in [-0.25, -0.2) is 0 Å². The summed E-state index contributed by atoms with van der Waals surface area (Å²) in [5, 5.41) is 2.96. The average molecular weight is 437 g/mol. The highest BCUT2D eigenvalue weighted by molar-refractivity contribution is 6.08. The molecule has 0 bridgehead atoms. The third kappa shape index (κ3) is 4.65. The molecule has 4 rings (SSSR count). The molecule has 166 valence electrons. The molecule has 0 aliphatic rings. The minimum Gasteiger partial charge on any atom is -0.340 e. The number of benzene rings is 3. The SMILES string of the molecule is Cc1ccc(Cn2c(C)cc(=O)c(C(=O)Nc3ccccc3C)c2-c2ccccc2C)cc1. The average Bonchev–Trinajstić information content (AvgIpc) is 2.78. The van der Waals surface area contributed by atoms with Crippen LogP contribution in [0.25, 0.3) is 11.3 Å². The molecule has 0 fully saturated rings. The van der Waals surface area contributed by atoms with Gasteiger partial charge in [0.05, 0.1) is 5.69 Å². The standard InChI is InChI=1S/C29H28N2O2/c1-19-13-15-23(16-14-19)18-31-22(4)17-26(32)27(28(31)24-11-7-5-9-20(24)2)29(33)30-25-12-8-6-10-21(25)3/h5-17H,18H2,1-4H3,(H,30,33). The van der Waals surface area contributed by atoms with E-state index in [-0.39, 0.29) is 11.0 Å². The number of carbonyl (C=O) groups is 1. The monoisotopic (exact) mass is 436 g/mol. The van der Waals surface area contributed by atoms with Crippen LogP contribution >= 0.6 is 0 Å². The van der Waals surface area contributed by atoms with Gasteiger partial charge in [-0.2, -0.15) is 0 Å². The number of hydrogen-bond acceptors (Lipinski definition) is 2. The van der Waals surface area contributed by atoms with Crippen LogP contribution in [-0.2, 0) is 6.54 Å². The van der Waals surface area contributed by atoms with E-state index in [0.717, 1.165) is 27.9 Å². The summed E-state index contributed by atoms with van der Waals surface area (Å²) in [5.41, 5.74) is 7.14. The van der Waals surface area contributed by atoms with Gasteiger partial charge in [-0.05, 0) is 50.5 Å². The molecular formula is C29H28N2O2. The number of aromatic nitrogens is 1. The highest BCUT2D eigenvalue weighted by atomic mass is 16.2. The summed E-state index contributed by atoms with van der Waals surface area (Å²) in [6, 6.07) is 25.3. The van der Waals surface area contributed by atoms with Gasteiger partial charge in [0.15, 0.2) is 5.43 Å². The Kier molecular flexibility index (Phi) is 6.27. The van der Waals surface area contributed by atoms with Gasteiger partial charge in [-0.3, -0.25) is 9.59 Å². The smallest absolute Gasteiger partial charge is 0.261 e. The Morgan fingerprint density at radius 1 is 0.818 bits per heavy atom. The molecule has 0 atom stereocenters. The quantitative estimate of drug-likeness (QED) is 0.414. The number of hydrogen-bond donors (Lipinski definition) is 1. The summed E-state index contributed by atoms with van der Waals surface area (Å²) in [4.78, 5) is 26.8. The zero-order chi connectivity index (χ0) is 23.5. The Labute approximate surface area is 194 Å². The first-order valence-electron chi connectivity index (χ1n) is 11.1. The van der Waals surface area contributed by atoms with Crippen LogP contribution in [-0.4, -0.2) is 10.5 Å². The summed E-state index contributed by atoms with van der Waals surface area (Å²) in [6.45, 7) is 8.46. The van der Waals surface area contributed by atoms with E-state index in [9.17, 15) is 9.59 Å². The van der Waals surface area contributed by atoms with Crippen molar-refractivity contribution in [2.45, 2.75) is 34.2 Å². The van der Waals surface area contributed by atoms with Gasteiger partial charge in [0.25, 0.3) is 5.91 Å². The molecule has 1 aromatic heterocycles. The second-order valence-electron chi connectivity index (χ2n) is 8.53.